The predicted molar refractivity (Wildman–Crippen MR) is 98.5 cm³/mol. The average Bonchev–Trinajstić information content (AvgIpc) is 2.63. The molecule has 24 heavy (non-hydrogen) atoms. The first-order chi connectivity index (χ1) is 11.7. The van der Waals surface area contributed by atoms with Crippen molar-refractivity contribution in [1.29, 1.82) is 0 Å². The molecule has 0 unspecified atom stereocenters. The Morgan fingerprint density at radius 1 is 1.12 bits per heavy atom. The van der Waals surface area contributed by atoms with Crippen molar-refractivity contribution in [3.8, 4) is 11.3 Å². The van der Waals surface area contributed by atoms with E-state index in [-0.39, 0.29) is 22.4 Å². The molecule has 0 spiro atoms. The molecular weight excluding hydrogens is 304 g/mol. The summed E-state index contributed by atoms with van der Waals surface area (Å²) in [6, 6.07) is 16.3. The first-order valence-corrected chi connectivity index (χ1v) is 7.36. The lowest BCUT2D eigenvalue weighted by molar-refractivity contribution is 0.102. The van der Waals surface area contributed by atoms with Crippen molar-refractivity contribution >= 4 is 17.4 Å². The standard InChI is InChI=1S/C18H16N4O2.3H2/c19-17-16(18(24)21-14-4-2-1-3-5-14)22-15(10-20-17)13-8-6-12(11-23)7-9-13;;;/h1-10,23H,11H2,(H2,19,20)(H,21,24);3*1H. The van der Waals surface area contributed by atoms with Crippen LogP contribution < -0.4 is 11.1 Å². The van der Waals surface area contributed by atoms with E-state index in [9.17, 15) is 4.79 Å². The highest BCUT2D eigenvalue weighted by Gasteiger charge is 2.15. The summed E-state index contributed by atoms with van der Waals surface area (Å²) in [5.41, 5.74) is 8.64. The largest absolute Gasteiger partial charge is 0.392 e. The maximum atomic E-state index is 12.4. The molecule has 2 aromatic carbocycles. The van der Waals surface area contributed by atoms with Crippen LogP contribution in [0.15, 0.2) is 60.8 Å². The zero-order chi connectivity index (χ0) is 16.9. The Kier molecular flexibility index (Phi) is 4.49. The van der Waals surface area contributed by atoms with Crippen LogP contribution in [0.25, 0.3) is 11.3 Å². The predicted octanol–water partition coefficient (Wildman–Crippen LogP) is 3.21. The Morgan fingerprint density at radius 3 is 2.50 bits per heavy atom. The van der Waals surface area contributed by atoms with Gasteiger partial charge >= 0.3 is 0 Å². The molecule has 0 aliphatic carbocycles. The number of carbonyl (C=O) groups is 1. The van der Waals surface area contributed by atoms with Gasteiger partial charge in [-0.1, -0.05) is 42.5 Å². The van der Waals surface area contributed by atoms with Crippen molar-refractivity contribution in [2.45, 2.75) is 6.61 Å². The number of benzene rings is 2. The van der Waals surface area contributed by atoms with E-state index >= 15 is 0 Å². The Labute approximate surface area is 143 Å². The van der Waals surface area contributed by atoms with Crippen molar-refractivity contribution in [3.05, 3.63) is 72.1 Å². The van der Waals surface area contributed by atoms with Crippen LogP contribution in [-0.2, 0) is 6.61 Å². The lowest BCUT2D eigenvalue weighted by atomic mass is 10.1. The number of rotatable bonds is 4. The highest BCUT2D eigenvalue weighted by Crippen LogP contribution is 2.20. The fraction of sp³-hybridized carbons (Fsp3) is 0.0556. The van der Waals surface area contributed by atoms with Gasteiger partial charge in [0.15, 0.2) is 11.5 Å². The minimum absolute atomic E-state index is 0. The summed E-state index contributed by atoms with van der Waals surface area (Å²) < 4.78 is 0. The summed E-state index contributed by atoms with van der Waals surface area (Å²) in [5, 5.41) is 11.8. The van der Waals surface area contributed by atoms with Gasteiger partial charge in [-0.05, 0) is 17.7 Å². The molecule has 0 atom stereocenters. The molecule has 1 aromatic heterocycles. The smallest absolute Gasteiger partial charge is 0.278 e. The molecule has 1 heterocycles. The van der Waals surface area contributed by atoms with Gasteiger partial charge in [0.25, 0.3) is 5.91 Å². The van der Waals surface area contributed by atoms with Gasteiger partial charge in [0.2, 0.25) is 0 Å². The molecule has 3 rings (SSSR count). The minimum atomic E-state index is -0.417. The number of amides is 1. The lowest BCUT2D eigenvalue weighted by Gasteiger charge is -2.08. The Morgan fingerprint density at radius 2 is 1.83 bits per heavy atom. The highest BCUT2D eigenvalue weighted by molar-refractivity contribution is 6.05. The van der Waals surface area contributed by atoms with E-state index in [4.69, 9.17) is 10.8 Å². The second-order valence-corrected chi connectivity index (χ2v) is 5.16. The number of nitrogens with zero attached hydrogens (tertiary/aromatic N) is 2. The van der Waals surface area contributed by atoms with Crippen LogP contribution in [0.1, 0.15) is 20.3 Å². The molecular formula is C18H22N4O2. The number of anilines is 2. The Balaban J connectivity index is 0.00000225. The van der Waals surface area contributed by atoms with Gasteiger partial charge in [0.05, 0.1) is 18.5 Å². The third-order valence-corrected chi connectivity index (χ3v) is 3.48. The molecule has 0 saturated heterocycles. The van der Waals surface area contributed by atoms with E-state index in [1.807, 2.05) is 30.3 Å². The van der Waals surface area contributed by atoms with Gasteiger partial charge in [0.1, 0.15) is 0 Å². The summed E-state index contributed by atoms with van der Waals surface area (Å²) in [5.74, 6) is -0.348. The maximum absolute atomic E-state index is 12.4. The van der Waals surface area contributed by atoms with Crippen molar-refractivity contribution < 1.29 is 14.2 Å². The van der Waals surface area contributed by atoms with E-state index < -0.39 is 5.91 Å². The maximum Gasteiger partial charge on any atom is 0.278 e. The zero-order valence-electron chi connectivity index (χ0n) is 12.8. The number of aliphatic hydroxyl groups is 1. The number of nitrogens with two attached hydrogens (primary N) is 1. The van der Waals surface area contributed by atoms with Gasteiger partial charge in [-0.25, -0.2) is 9.97 Å². The number of aliphatic hydroxyl groups excluding tert-OH is 1. The molecule has 0 aliphatic rings. The van der Waals surface area contributed by atoms with Crippen LogP contribution in [-0.4, -0.2) is 21.0 Å². The van der Waals surface area contributed by atoms with E-state index in [2.05, 4.69) is 15.3 Å². The van der Waals surface area contributed by atoms with Crippen LogP contribution in [0.5, 0.6) is 0 Å². The minimum Gasteiger partial charge on any atom is -0.392 e. The van der Waals surface area contributed by atoms with E-state index in [1.54, 1.807) is 24.3 Å². The number of carbonyl (C=O) groups excluding carboxylic acids is 1. The first-order valence-electron chi connectivity index (χ1n) is 7.36. The van der Waals surface area contributed by atoms with Crippen LogP contribution in [0.2, 0.25) is 0 Å². The third-order valence-electron chi connectivity index (χ3n) is 3.48. The van der Waals surface area contributed by atoms with Gasteiger partial charge in [-0.3, -0.25) is 4.79 Å². The number of nitrogen functional groups attached to an aromatic ring is 1. The van der Waals surface area contributed by atoms with Gasteiger partial charge in [0, 0.05) is 15.5 Å². The number of hydrogen-bond acceptors (Lipinski definition) is 5. The third kappa shape index (κ3) is 3.39. The molecule has 0 saturated carbocycles. The van der Waals surface area contributed by atoms with Gasteiger partial charge < -0.3 is 16.2 Å². The fourth-order valence-electron chi connectivity index (χ4n) is 2.20. The topological polar surface area (TPSA) is 101 Å². The number of aromatic nitrogens is 2. The summed E-state index contributed by atoms with van der Waals surface area (Å²) in [6.07, 6.45) is 1.52. The second-order valence-electron chi connectivity index (χ2n) is 5.16. The van der Waals surface area contributed by atoms with E-state index in [0.29, 0.717) is 11.4 Å². The van der Waals surface area contributed by atoms with E-state index in [1.165, 1.54) is 6.20 Å². The first kappa shape index (κ1) is 15.6. The zero-order valence-corrected chi connectivity index (χ0v) is 12.8. The number of nitrogens with one attached hydrogen (secondary N) is 1. The van der Waals surface area contributed by atoms with Crippen molar-refractivity contribution in [2.75, 3.05) is 11.1 Å². The van der Waals surface area contributed by atoms with Gasteiger partial charge in [-0.2, -0.15) is 0 Å². The van der Waals surface area contributed by atoms with E-state index in [0.717, 1.165) is 11.1 Å². The number of hydrogen-bond donors (Lipinski definition) is 3. The molecule has 6 heteroatoms. The van der Waals surface area contributed by atoms with Crippen LogP contribution >= 0.6 is 0 Å². The summed E-state index contributed by atoms with van der Waals surface area (Å²) in [4.78, 5) is 20.8. The lowest BCUT2D eigenvalue weighted by Crippen LogP contribution is -2.17. The second kappa shape index (κ2) is 6.89. The molecule has 0 radical (unpaired) electrons. The van der Waals surface area contributed by atoms with Gasteiger partial charge in [-0.15, -0.1) is 0 Å². The Hall–Kier alpha value is -3.25. The molecule has 126 valence electrons. The Bertz CT molecular complexity index is 862. The molecule has 1 amide bonds. The molecule has 6 nitrogen and oxygen atoms in total. The summed E-state index contributed by atoms with van der Waals surface area (Å²) in [6.45, 7) is -0.0293. The monoisotopic (exact) mass is 326 g/mol. The SMILES string of the molecule is Nc1ncc(-c2ccc(CO)cc2)nc1C(=O)Nc1ccccc1.[HH].[HH].[HH]. The van der Waals surface area contributed by atoms with Crippen LogP contribution in [0, 0.1) is 0 Å². The molecule has 4 N–H and O–H groups in total. The van der Waals surface area contributed by atoms with Crippen LogP contribution in [0.3, 0.4) is 0 Å². The van der Waals surface area contributed by atoms with Crippen molar-refractivity contribution in [2.24, 2.45) is 0 Å². The summed E-state index contributed by atoms with van der Waals surface area (Å²) in [7, 11) is 0. The normalized spacial score (nSPS) is 10.4. The number of para-hydroxylation sites is 1. The fourth-order valence-corrected chi connectivity index (χ4v) is 2.20. The van der Waals surface area contributed by atoms with Crippen LogP contribution in [0.4, 0.5) is 11.5 Å². The average molecular weight is 326 g/mol. The highest BCUT2D eigenvalue weighted by atomic mass is 16.3. The summed E-state index contributed by atoms with van der Waals surface area (Å²) >= 11 is 0. The molecule has 0 fully saturated rings. The van der Waals surface area contributed by atoms with Crippen molar-refractivity contribution in [1.82, 2.24) is 9.97 Å². The molecule has 3 aromatic rings. The molecule has 0 aliphatic heterocycles. The molecule has 0 bridgehead atoms. The van der Waals surface area contributed by atoms with Crippen molar-refractivity contribution in [3.63, 3.8) is 0 Å². The quantitative estimate of drug-likeness (QED) is 0.683.